The number of nitrogens with zero attached hydrogens (tertiary/aromatic N) is 2. The fourth-order valence-corrected chi connectivity index (χ4v) is 6.28. The van der Waals surface area contributed by atoms with Gasteiger partial charge in [0, 0.05) is 24.5 Å². The Morgan fingerprint density at radius 1 is 0.800 bits per heavy atom. The van der Waals surface area contributed by atoms with Crippen molar-refractivity contribution in [2.45, 2.75) is 44.9 Å². The smallest absolute Gasteiger partial charge is 0.294 e. The molecule has 0 bridgehead atoms. The van der Waals surface area contributed by atoms with E-state index in [1.54, 1.807) is 46.2 Å². The third-order valence-electron chi connectivity index (χ3n) is 7.48. The number of hydrogen-bond donors (Lipinski definition) is 1. The molecule has 206 valence electrons. The first-order valence-corrected chi connectivity index (χ1v) is 15.2. The quantitative estimate of drug-likeness (QED) is 0.245. The molecule has 1 aliphatic heterocycles. The number of amides is 2. The molecule has 0 unspecified atom stereocenters. The van der Waals surface area contributed by atoms with E-state index in [9.17, 15) is 13.2 Å². The number of nitrogens with one attached hydrogen (secondary N) is 1. The second-order valence-electron chi connectivity index (χ2n) is 10.3. The van der Waals surface area contributed by atoms with Gasteiger partial charge in [-0.05, 0) is 97.0 Å². The summed E-state index contributed by atoms with van der Waals surface area (Å²) in [6.45, 7) is 7.45. The van der Waals surface area contributed by atoms with Crippen LogP contribution in [0, 0.1) is 13.8 Å². The van der Waals surface area contributed by atoms with Crippen LogP contribution in [0.4, 0.5) is 21.9 Å². The van der Waals surface area contributed by atoms with Crippen LogP contribution in [0.5, 0.6) is 0 Å². The first-order valence-electron chi connectivity index (χ1n) is 13.7. The fraction of sp³-hybridized carbons (Fsp3) is 0.242. The van der Waals surface area contributed by atoms with Crippen molar-refractivity contribution in [2.24, 2.45) is 0 Å². The van der Waals surface area contributed by atoms with Gasteiger partial charge in [-0.1, -0.05) is 61.9 Å². The highest BCUT2D eigenvalue weighted by molar-refractivity contribution is 7.92. The van der Waals surface area contributed by atoms with Gasteiger partial charge in [0.2, 0.25) is 0 Å². The van der Waals surface area contributed by atoms with Crippen LogP contribution in [0.25, 0.3) is 11.1 Å². The minimum absolute atomic E-state index is 0.115. The van der Waals surface area contributed by atoms with Gasteiger partial charge in [-0.25, -0.2) is 13.2 Å². The summed E-state index contributed by atoms with van der Waals surface area (Å²) in [5.41, 5.74) is 7.31. The van der Waals surface area contributed by atoms with Crippen molar-refractivity contribution in [3.05, 3.63) is 108 Å². The van der Waals surface area contributed by atoms with E-state index in [0.717, 1.165) is 47.2 Å². The summed E-state index contributed by atoms with van der Waals surface area (Å²) in [5, 5.41) is 0. The van der Waals surface area contributed by atoms with Crippen molar-refractivity contribution in [1.29, 1.82) is 0 Å². The molecule has 40 heavy (non-hydrogen) atoms. The molecule has 1 saturated heterocycles. The van der Waals surface area contributed by atoms with E-state index in [4.69, 9.17) is 0 Å². The van der Waals surface area contributed by atoms with E-state index in [0.29, 0.717) is 24.5 Å². The second-order valence-corrected chi connectivity index (χ2v) is 12.0. The standard InChI is InChI=1S/C33H35N3O3S/c1-4-9-26-16-18-29(19-17-26)35-20-8-21-36(33(35)37)30-13-7-12-28(23-30)34-40(38,39)31-14-6-11-27(22-31)32-15-5-10-24(2)25(32)3/h5-7,10-19,22-23,34H,4,8-9,20-21H2,1-3H3. The predicted molar refractivity (Wildman–Crippen MR) is 164 cm³/mol. The predicted octanol–water partition coefficient (Wildman–Crippen LogP) is 7.56. The summed E-state index contributed by atoms with van der Waals surface area (Å²) in [6, 6.07) is 28.1. The maximum absolute atomic E-state index is 13.5. The summed E-state index contributed by atoms with van der Waals surface area (Å²) < 4.78 is 29.5. The molecule has 1 aliphatic rings. The highest BCUT2D eigenvalue weighted by Crippen LogP contribution is 2.30. The zero-order chi connectivity index (χ0) is 28.3. The Hall–Kier alpha value is -4.10. The van der Waals surface area contributed by atoms with Crippen molar-refractivity contribution in [1.82, 2.24) is 0 Å². The minimum Gasteiger partial charge on any atom is -0.294 e. The summed E-state index contributed by atoms with van der Waals surface area (Å²) in [5.74, 6) is 0. The molecular weight excluding hydrogens is 518 g/mol. The lowest BCUT2D eigenvalue weighted by molar-refractivity contribution is 0.248. The zero-order valence-corrected chi connectivity index (χ0v) is 24.0. The Balaban J connectivity index is 1.36. The first kappa shape index (κ1) is 27.5. The normalized spacial score (nSPS) is 13.9. The van der Waals surface area contributed by atoms with Crippen molar-refractivity contribution in [3.8, 4) is 11.1 Å². The van der Waals surface area contributed by atoms with Crippen LogP contribution in [0.3, 0.4) is 0 Å². The van der Waals surface area contributed by atoms with Crippen LogP contribution >= 0.6 is 0 Å². The molecule has 6 nitrogen and oxygen atoms in total. The average molecular weight is 554 g/mol. The number of hydrogen-bond acceptors (Lipinski definition) is 3. The highest BCUT2D eigenvalue weighted by atomic mass is 32.2. The molecule has 0 saturated carbocycles. The van der Waals surface area contributed by atoms with E-state index in [2.05, 4.69) is 23.8 Å². The van der Waals surface area contributed by atoms with Crippen LogP contribution in [-0.4, -0.2) is 27.5 Å². The molecule has 5 rings (SSSR count). The van der Waals surface area contributed by atoms with Crippen LogP contribution < -0.4 is 14.5 Å². The van der Waals surface area contributed by atoms with Crippen LogP contribution in [0.15, 0.2) is 95.9 Å². The molecule has 1 N–H and O–H groups in total. The van der Waals surface area contributed by atoms with E-state index in [1.165, 1.54) is 5.56 Å². The van der Waals surface area contributed by atoms with Crippen molar-refractivity contribution in [3.63, 3.8) is 0 Å². The van der Waals surface area contributed by atoms with Gasteiger partial charge in [0.05, 0.1) is 10.6 Å². The maximum atomic E-state index is 13.5. The minimum atomic E-state index is -3.85. The Morgan fingerprint density at radius 3 is 2.25 bits per heavy atom. The van der Waals surface area contributed by atoms with Gasteiger partial charge in [-0.3, -0.25) is 14.5 Å². The summed E-state index contributed by atoms with van der Waals surface area (Å²) in [6.07, 6.45) is 2.90. The molecule has 0 atom stereocenters. The van der Waals surface area contributed by atoms with Crippen molar-refractivity contribution in [2.75, 3.05) is 27.6 Å². The highest BCUT2D eigenvalue weighted by Gasteiger charge is 2.28. The van der Waals surface area contributed by atoms with E-state index >= 15 is 0 Å². The lowest BCUT2D eigenvalue weighted by Crippen LogP contribution is -2.49. The molecule has 1 fully saturated rings. The number of carbonyl (C=O) groups is 1. The lowest BCUT2D eigenvalue weighted by atomic mass is 9.97. The topological polar surface area (TPSA) is 69.7 Å². The number of anilines is 3. The van der Waals surface area contributed by atoms with Crippen molar-refractivity contribution < 1.29 is 13.2 Å². The van der Waals surface area contributed by atoms with Gasteiger partial charge in [-0.2, -0.15) is 0 Å². The van der Waals surface area contributed by atoms with Gasteiger partial charge < -0.3 is 0 Å². The SMILES string of the molecule is CCCc1ccc(N2CCCN(c3cccc(NS(=O)(=O)c4cccc(-c5cccc(C)c5C)c4)c3)C2=O)cc1. The lowest BCUT2D eigenvalue weighted by Gasteiger charge is -2.36. The third-order valence-corrected chi connectivity index (χ3v) is 8.86. The molecule has 0 aromatic heterocycles. The largest absolute Gasteiger partial charge is 0.328 e. The molecule has 4 aromatic carbocycles. The molecule has 2 amide bonds. The Kier molecular flexibility index (Phi) is 7.94. The molecule has 4 aromatic rings. The average Bonchev–Trinajstić information content (AvgIpc) is 2.95. The Morgan fingerprint density at radius 2 is 1.50 bits per heavy atom. The summed E-state index contributed by atoms with van der Waals surface area (Å²) in [7, 11) is -3.85. The third kappa shape index (κ3) is 5.75. The van der Waals surface area contributed by atoms with Crippen LogP contribution in [-0.2, 0) is 16.4 Å². The molecule has 1 heterocycles. The number of aryl methyl sites for hydroxylation is 2. The number of carbonyl (C=O) groups excluding carboxylic acids is 1. The molecule has 0 aliphatic carbocycles. The maximum Gasteiger partial charge on any atom is 0.328 e. The molecule has 0 spiro atoms. The van der Waals surface area contributed by atoms with Gasteiger partial charge in [-0.15, -0.1) is 0 Å². The first-order chi connectivity index (χ1) is 19.3. The van der Waals surface area contributed by atoms with E-state index < -0.39 is 10.0 Å². The number of sulfonamides is 1. The monoisotopic (exact) mass is 553 g/mol. The number of urea groups is 1. The second kappa shape index (κ2) is 11.6. The van der Waals surface area contributed by atoms with Crippen LogP contribution in [0.1, 0.15) is 36.5 Å². The molecular formula is C33H35N3O3S. The molecule has 0 radical (unpaired) electrons. The van der Waals surface area contributed by atoms with Gasteiger partial charge >= 0.3 is 6.03 Å². The number of benzene rings is 4. The van der Waals surface area contributed by atoms with Gasteiger partial charge in [0.15, 0.2) is 0 Å². The fourth-order valence-electron chi connectivity index (χ4n) is 5.18. The Labute approximate surface area is 237 Å². The number of rotatable bonds is 8. The summed E-state index contributed by atoms with van der Waals surface area (Å²) in [4.78, 5) is 17.2. The summed E-state index contributed by atoms with van der Waals surface area (Å²) >= 11 is 0. The molecule has 7 heteroatoms. The van der Waals surface area contributed by atoms with Crippen molar-refractivity contribution >= 4 is 33.1 Å². The zero-order valence-electron chi connectivity index (χ0n) is 23.2. The van der Waals surface area contributed by atoms with E-state index in [1.807, 2.05) is 56.3 Å². The van der Waals surface area contributed by atoms with E-state index in [-0.39, 0.29) is 10.9 Å². The Bertz CT molecular complexity index is 1630. The van der Waals surface area contributed by atoms with Gasteiger partial charge in [0.1, 0.15) is 0 Å². The van der Waals surface area contributed by atoms with Gasteiger partial charge in [0.25, 0.3) is 10.0 Å². The van der Waals surface area contributed by atoms with Crippen LogP contribution in [0.2, 0.25) is 0 Å².